The lowest BCUT2D eigenvalue weighted by Gasteiger charge is -2.01. The van der Waals surface area contributed by atoms with Crippen molar-refractivity contribution in [3.8, 4) is 5.75 Å². The fraction of sp³-hybridized carbons (Fsp3) is 0.111. The summed E-state index contributed by atoms with van der Waals surface area (Å²) in [7, 11) is 0. The van der Waals surface area contributed by atoms with E-state index in [1.54, 1.807) is 30.0 Å². The second-order valence-corrected chi connectivity index (χ2v) is 2.98. The van der Waals surface area contributed by atoms with E-state index in [-0.39, 0.29) is 0 Å². The highest BCUT2D eigenvalue weighted by molar-refractivity contribution is 7.98. The summed E-state index contributed by atoms with van der Waals surface area (Å²) in [5, 5.41) is 9.12. The molecular weight excluding hydrogens is 156 g/mol. The summed E-state index contributed by atoms with van der Waals surface area (Å²) >= 11 is 1.60. The van der Waals surface area contributed by atoms with Gasteiger partial charge in [0.05, 0.1) is 0 Å². The summed E-state index contributed by atoms with van der Waals surface area (Å²) in [4.78, 5) is 1.06. The van der Waals surface area contributed by atoms with E-state index >= 15 is 0 Å². The molecule has 0 radical (unpaired) electrons. The van der Waals surface area contributed by atoms with Gasteiger partial charge in [0, 0.05) is 4.90 Å². The normalized spacial score (nSPS) is 9.55. The molecule has 0 bridgehead atoms. The van der Waals surface area contributed by atoms with Gasteiger partial charge in [0.2, 0.25) is 0 Å². The summed E-state index contributed by atoms with van der Waals surface area (Å²) in [6, 6.07) is 5.26. The van der Waals surface area contributed by atoms with Crippen molar-refractivity contribution in [1.29, 1.82) is 0 Å². The van der Waals surface area contributed by atoms with Crippen LogP contribution in [0.4, 0.5) is 0 Å². The minimum atomic E-state index is 0.306. The fourth-order valence-corrected chi connectivity index (χ4v) is 1.49. The van der Waals surface area contributed by atoms with Crippen LogP contribution < -0.4 is 0 Å². The molecule has 11 heavy (non-hydrogen) atoms. The van der Waals surface area contributed by atoms with Crippen molar-refractivity contribution in [3.05, 3.63) is 30.3 Å². The molecule has 0 unspecified atom stereocenters. The van der Waals surface area contributed by atoms with Crippen LogP contribution >= 0.6 is 11.8 Å². The van der Waals surface area contributed by atoms with Crippen molar-refractivity contribution < 1.29 is 5.11 Å². The third-order valence-corrected chi connectivity index (χ3v) is 2.23. The number of hydrogen-bond donors (Lipinski definition) is 1. The molecule has 0 atom stereocenters. The molecule has 0 amide bonds. The highest BCUT2D eigenvalue weighted by Crippen LogP contribution is 2.25. The Morgan fingerprint density at radius 2 is 2.27 bits per heavy atom. The van der Waals surface area contributed by atoms with Gasteiger partial charge in [-0.05, 0) is 24.0 Å². The predicted octanol–water partition coefficient (Wildman–Crippen LogP) is 2.76. The van der Waals surface area contributed by atoms with E-state index in [9.17, 15) is 0 Å². The minimum absolute atomic E-state index is 0.306. The third-order valence-electron chi connectivity index (χ3n) is 1.44. The molecule has 0 aliphatic carbocycles. The first-order valence-corrected chi connectivity index (χ1v) is 4.50. The number of thioether (sulfide) groups is 1. The van der Waals surface area contributed by atoms with Gasteiger partial charge in [0.15, 0.2) is 0 Å². The Labute approximate surface area is 70.8 Å². The quantitative estimate of drug-likeness (QED) is 0.682. The van der Waals surface area contributed by atoms with Crippen LogP contribution in [0.15, 0.2) is 29.7 Å². The van der Waals surface area contributed by atoms with Gasteiger partial charge >= 0.3 is 0 Å². The fourth-order valence-electron chi connectivity index (χ4n) is 0.868. The Morgan fingerprint density at radius 3 is 2.82 bits per heavy atom. The molecule has 1 nitrogen and oxygen atoms in total. The summed E-state index contributed by atoms with van der Waals surface area (Å²) in [5.74, 6) is 0.306. The van der Waals surface area contributed by atoms with Gasteiger partial charge in [-0.1, -0.05) is 18.7 Å². The molecule has 1 aromatic rings. The van der Waals surface area contributed by atoms with Gasteiger partial charge in [-0.15, -0.1) is 11.8 Å². The smallest absolute Gasteiger partial charge is 0.116 e. The second-order valence-electron chi connectivity index (χ2n) is 2.13. The maximum atomic E-state index is 9.12. The molecule has 58 valence electrons. The monoisotopic (exact) mass is 166 g/mol. The molecule has 0 heterocycles. The minimum Gasteiger partial charge on any atom is -0.508 e. The molecule has 0 fully saturated rings. The Balaban J connectivity index is 3.16. The number of aromatic hydroxyl groups is 1. The van der Waals surface area contributed by atoms with E-state index in [1.807, 2.05) is 12.3 Å². The van der Waals surface area contributed by atoms with Gasteiger partial charge in [0.25, 0.3) is 0 Å². The maximum Gasteiger partial charge on any atom is 0.116 e. The summed E-state index contributed by atoms with van der Waals surface area (Å²) in [5.41, 5.74) is 1.07. The van der Waals surface area contributed by atoms with Crippen LogP contribution in [0.3, 0.4) is 0 Å². The molecule has 0 aliphatic heterocycles. The van der Waals surface area contributed by atoms with E-state index in [1.165, 1.54) is 0 Å². The molecule has 1 N–H and O–H groups in total. The van der Waals surface area contributed by atoms with Crippen LogP contribution in [-0.4, -0.2) is 11.4 Å². The van der Waals surface area contributed by atoms with Gasteiger partial charge in [-0.3, -0.25) is 0 Å². The molecular formula is C9H10OS. The van der Waals surface area contributed by atoms with Crippen LogP contribution in [0, 0.1) is 0 Å². The lowest BCUT2D eigenvalue weighted by Crippen LogP contribution is -1.76. The number of rotatable bonds is 2. The lowest BCUT2D eigenvalue weighted by atomic mass is 10.2. The van der Waals surface area contributed by atoms with Gasteiger partial charge in [-0.25, -0.2) is 0 Å². The Morgan fingerprint density at radius 1 is 1.55 bits per heavy atom. The molecule has 0 spiro atoms. The zero-order chi connectivity index (χ0) is 8.27. The average Bonchev–Trinajstić information content (AvgIpc) is 2.04. The molecule has 1 rings (SSSR count). The zero-order valence-corrected chi connectivity index (χ0v) is 7.19. The third kappa shape index (κ3) is 1.77. The highest BCUT2D eigenvalue weighted by atomic mass is 32.2. The van der Waals surface area contributed by atoms with Crippen LogP contribution in [0.5, 0.6) is 5.75 Å². The van der Waals surface area contributed by atoms with Crippen LogP contribution in [0.1, 0.15) is 5.56 Å². The van der Waals surface area contributed by atoms with Crippen LogP contribution in [-0.2, 0) is 0 Å². The van der Waals surface area contributed by atoms with Crippen LogP contribution in [0.2, 0.25) is 0 Å². The standard InChI is InChI=1S/C9H10OS/c1-3-7-4-5-8(10)6-9(7)11-2/h3-6,10H,1H2,2H3. The van der Waals surface area contributed by atoms with Crippen molar-refractivity contribution in [1.82, 2.24) is 0 Å². The number of benzene rings is 1. The van der Waals surface area contributed by atoms with Crippen LogP contribution in [0.25, 0.3) is 6.08 Å². The van der Waals surface area contributed by atoms with Gasteiger partial charge in [-0.2, -0.15) is 0 Å². The Bertz CT molecular complexity index is 268. The molecule has 0 aromatic heterocycles. The van der Waals surface area contributed by atoms with Crippen molar-refractivity contribution in [2.75, 3.05) is 6.26 Å². The molecule has 1 aromatic carbocycles. The first-order valence-electron chi connectivity index (χ1n) is 3.27. The van der Waals surface area contributed by atoms with E-state index in [4.69, 9.17) is 5.11 Å². The molecule has 0 saturated heterocycles. The number of phenols is 1. The van der Waals surface area contributed by atoms with Crippen molar-refractivity contribution in [2.24, 2.45) is 0 Å². The van der Waals surface area contributed by atoms with Gasteiger partial charge in [0.1, 0.15) is 5.75 Å². The van der Waals surface area contributed by atoms with E-state index < -0.39 is 0 Å². The summed E-state index contributed by atoms with van der Waals surface area (Å²) in [6.07, 6.45) is 3.76. The topological polar surface area (TPSA) is 20.2 Å². The zero-order valence-electron chi connectivity index (χ0n) is 6.37. The largest absolute Gasteiger partial charge is 0.508 e. The maximum absolute atomic E-state index is 9.12. The predicted molar refractivity (Wildman–Crippen MR) is 50.0 cm³/mol. The summed E-state index contributed by atoms with van der Waals surface area (Å²) < 4.78 is 0. The van der Waals surface area contributed by atoms with E-state index in [2.05, 4.69) is 6.58 Å². The summed E-state index contributed by atoms with van der Waals surface area (Å²) in [6.45, 7) is 3.67. The van der Waals surface area contributed by atoms with Gasteiger partial charge < -0.3 is 5.11 Å². The lowest BCUT2D eigenvalue weighted by molar-refractivity contribution is 0.474. The van der Waals surface area contributed by atoms with E-state index in [0.717, 1.165) is 10.5 Å². The first-order chi connectivity index (χ1) is 5.27. The highest BCUT2D eigenvalue weighted by Gasteiger charge is 1.97. The van der Waals surface area contributed by atoms with Crippen molar-refractivity contribution in [3.63, 3.8) is 0 Å². The SMILES string of the molecule is C=Cc1ccc(O)cc1SC. The number of phenolic OH excluding ortho intramolecular Hbond substituents is 1. The second kappa shape index (κ2) is 3.49. The van der Waals surface area contributed by atoms with Crippen molar-refractivity contribution >= 4 is 17.8 Å². The molecule has 2 heteroatoms. The number of hydrogen-bond acceptors (Lipinski definition) is 2. The first kappa shape index (κ1) is 8.21. The van der Waals surface area contributed by atoms with E-state index in [0.29, 0.717) is 5.75 Å². The Kier molecular flexibility index (Phi) is 2.60. The van der Waals surface area contributed by atoms with Crippen molar-refractivity contribution in [2.45, 2.75) is 4.90 Å². The average molecular weight is 166 g/mol. The Hall–Kier alpha value is -0.890. The molecule has 0 aliphatic rings. The molecule has 0 saturated carbocycles.